The fraction of sp³-hybridized carbons (Fsp3) is 0.346. The van der Waals surface area contributed by atoms with E-state index in [0.29, 0.717) is 23.4 Å². The van der Waals surface area contributed by atoms with Crippen LogP contribution in [0.5, 0.6) is 0 Å². The van der Waals surface area contributed by atoms with Gasteiger partial charge in [-0.25, -0.2) is 8.42 Å². The van der Waals surface area contributed by atoms with Crippen LogP contribution in [0.1, 0.15) is 52.5 Å². The maximum absolute atomic E-state index is 13.0. The molecular formula is C26H31N3O4S. The fourth-order valence-electron chi connectivity index (χ4n) is 4.34. The van der Waals surface area contributed by atoms with Gasteiger partial charge < -0.3 is 9.73 Å². The zero-order chi connectivity index (χ0) is 24.1. The van der Waals surface area contributed by atoms with E-state index < -0.39 is 10.0 Å². The number of benzene rings is 2. The molecule has 8 heteroatoms. The lowest BCUT2D eigenvalue weighted by Crippen LogP contribution is -2.40. The predicted octanol–water partition coefficient (Wildman–Crippen LogP) is 4.65. The average Bonchev–Trinajstić information content (AvgIpc) is 3.36. The smallest absolute Gasteiger partial charge is 0.262 e. The largest absolute Gasteiger partial charge is 0.468 e. The second kappa shape index (κ2) is 10.4. The highest BCUT2D eigenvalue weighted by Gasteiger charge is 2.25. The summed E-state index contributed by atoms with van der Waals surface area (Å²) in [5.74, 6) is 0.568. The summed E-state index contributed by atoms with van der Waals surface area (Å²) in [6.45, 7) is 5.96. The molecule has 34 heavy (non-hydrogen) atoms. The minimum absolute atomic E-state index is 0.0368. The third kappa shape index (κ3) is 5.69. The molecule has 2 N–H and O–H groups in total. The van der Waals surface area contributed by atoms with Crippen LogP contribution in [-0.4, -0.2) is 38.9 Å². The molecule has 4 rings (SSSR count). The number of rotatable bonds is 8. The fourth-order valence-corrected chi connectivity index (χ4v) is 5.72. The summed E-state index contributed by atoms with van der Waals surface area (Å²) in [5.41, 5.74) is 2.25. The molecule has 1 unspecified atom stereocenters. The van der Waals surface area contributed by atoms with Gasteiger partial charge in [0.25, 0.3) is 15.9 Å². The Kier molecular flexibility index (Phi) is 7.38. The molecule has 2 aromatic carbocycles. The quantitative estimate of drug-likeness (QED) is 0.489. The van der Waals surface area contributed by atoms with Crippen LogP contribution in [0, 0.1) is 13.8 Å². The van der Waals surface area contributed by atoms with Crippen molar-refractivity contribution in [3.8, 4) is 0 Å². The van der Waals surface area contributed by atoms with Gasteiger partial charge in [0, 0.05) is 17.8 Å². The number of furan rings is 1. The molecule has 0 radical (unpaired) electrons. The number of nitrogens with zero attached hydrogens (tertiary/aromatic N) is 1. The highest BCUT2D eigenvalue weighted by Crippen LogP contribution is 2.25. The van der Waals surface area contributed by atoms with Crippen molar-refractivity contribution in [1.29, 1.82) is 0 Å². The first-order valence-electron chi connectivity index (χ1n) is 11.6. The Morgan fingerprint density at radius 1 is 1.03 bits per heavy atom. The van der Waals surface area contributed by atoms with Crippen LogP contribution in [0.25, 0.3) is 0 Å². The summed E-state index contributed by atoms with van der Waals surface area (Å²) in [6.07, 6.45) is 5.14. The maximum atomic E-state index is 13.0. The zero-order valence-electron chi connectivity index (χ0n) is 19.6. The Hall–Kier alpha value is -3.10. The summed E-state index contributed by atoms with van der Waals surface area (Å²) in [5, 5.41) is 3.01. The molecule has 180 valence electrons. The van der Waals surface area contributed by atoms with E-state index in [-0.39, 0.29) is 16.8 Å². The Labute approximate surface area is 201 Å². The highest BCUT2D eigenvalue weighted by atomic mass is 32.2. The summed E-state index contributed by atoms with van der Waals surface area (Å²) in [6, 6.07) is 15.6. The van der Waals surface area contributed by atoms with Crippen molar-refractivity contribution in [2.24, 2.45) is 0 Å². The monoisotopic (exact) mass is 481 g/mol. The number of piperidine rings is 1. The van der Waals surface area contributed by atoms with Crippen LogP contribution in [0.3, 0.4) is 0 Å². The van der Waals surface area contributed by atoms with Crippen LogP contribution in [0.4, 0.5) is 5.69 Å². The van der Waals surface area contributed by atoms with Crippen molar-refractivity contribution < 1.29 is 17.6 Å². The molecule has 1 aliphatic heterocycles. The molecule has 1 aromatic heterocycles. The van der Waals surface area contributed by atoms with Gasteiger partial charge in [-0.05, 0) is 87.3 Å². The van der Waals surface area contributed by atoms with E-state index in [1.165, 1.54) is 6.42 Å². The molecular weight excluding hydrogens is 450 g/mol. The number of likely N-dealkylation sites (tertiary alicyclic amines) is 1. The summed E-state index contributed by atoms with van der Waals surface area (Å²) >= 11 is 0. The second-order valence-electron chi connectivity index (χ2n) is 8.79. The molecule has 0 bridgehead atoms. The van der Waals surface area contributed by atoms with Crippen molar-refractivity contribution in [3.63, 3.8) is 0 Å². The zero-order valence-corrected chi connectivity index (χ0v) is 20.4. The van der Waals surface area contributed by atoms with Gasteiger partial charge in [-0.3, -0.25) is 14.4 Å². The van der Waals surface area contributed by atoms with Gasteiger partial charge in [0.2, 0.25) is 0 Å². The third-order valence-electron chi connectivity index (χ3n) is 6.17. The van der Waals surface area contributed by atoms with Crippen molar-refractivity contribution in [1.82, 2.24) is 10.2 Å². The molecule has 3 aromatic rings. The van der Waals surface area contributed by atoms with E-state index in [1.54, 1.807) is 49.6 Å². The van der Waals surface area contributed by atoms with E-state index in [9.17, 15) is 13.2 Å². The Morgan fingerprint density at radius 2 is 1.82 bits per heavy atom. The van der Waals surface area contributed by atoms with Crippen LogP contribution in [0.15, 0.2) is 70.2 Å². The van der Waals surface area contributed by atoms with Gasteiger partial charge in [-0.2, -0.15) is 0 Å². The van der Waals surface area contributed by atoms with Crippen molar-refractivity contribution in [2.75, 3.05) is 24.4 Å². The van der Waals surface area contributed by atoms with Gasteiger partial charge in [0.1, 0.15) is 5.76 Å². The van der Waals surface area contributed by atoms with Gasteiger partial charge >= 0.3 is 0 Å². The van der Waals surface area contributed by atoms with Crippen LogP contribution in [0.2, 0.25) is 0 Å². The van der Waals surface area contributed by atoms with Gasteiger partial charge in [0.15, 0.2) is 0 Å². The van der Waals surface area contributed by atoms with Crippen LogP contribution < -0.4 is 10.0 Å². The van der Waals surface area contributed by atoms with Gasteiger partial charge in [-0.15, -0.1) is 0 Å². The lowest BCUT2D eigenvalue weighted by molar-refractivity contribution is 0.0914. The Balaban J connectivity index is 1.46. The third-order valence-corrected chi connectivity index (χ3v) is 7.69. The summed E-state index contributed by atoms with van der Waals surface area (Å²) < 4.78 is 34.2. The molecule has 0 aliphatic carbocycles. The predicted molar refractivity (Wildman–Crippen MR) is 132 cm³/mol. The lowest BCUT2D eigenvalue weighted by atomic mass is 10.1. The maximum Gasteiger partial charge on any atom is 0.262 e. The van der Waals surface area contributed by atoms with E-state index in [2.05, 4.69) is 14.9 Å². The van der Waals surface area contributed by atoms with E-state index >= 15 is 0 Å². The number of carbonyl (C=O) groups is 1. The average molecular weight is 482 g/mol. The molecule has 0 saturated carbocycles. The molecule has 1 atom stereocenters. The van der Waals surface area contributed by atoms with E-state index in [1.807, 2.05) is 25.1 Å². The number of aryl methyl sites for hydroxylation is 2. The highest BCUT2D eigenvalue weighted by molar-refractivity contribution is 7.92. The molecule has 1 fully saturated rings. The number of carbonyl (C=O) groups excluding carboxylic acids is 1. The Morgan fingerprint density at radius 3 is 2.56 bits per heavy atom. The van der Waals surface area contributed by atoms with Crippen molar-refractivity contribution in [3.05, 3.63) is 83.3 Å². The molecule has 1 amide bonds. The van der Waals surface area contributed by atoms with E-state index in [0.717, 1.165) is 37.3 Å². The first-order valence-corrected chi connectivity index (χ1v) is 13.1. The number of amides is 1. The first kappa shape index (κ1) is 24.0. The number of anilines is 1. The molecule has 1 aliphatic rings. The molecule has 2 heterocycles. The second-order valence-corrected chi connectivity index (χ2v) is 10.4. The number of sulfonamides is 1. The first-order chi connectivity index (χ1) is 16.3. The minimum atomic E-state index is -3.78. The van der Waals surface area contributed by atoms with Crippen molar-refractivity contribution >= 4 is 21.6 Å². The van der Waals surface area contributed by atoms with Crippen molar-refractivity contribution in [2.45, 2.75) is 44.0 Å². The normalized spacial score (nSPS) is 15.6. The summed E-state index contributed by atoms with van der Waals surface area (Å²) in [7, 11) is -3.78. The molecule has 1 saturated heterocycles. The van der Waals surface area contributed by atoms with Crippen LogP contribution in [-0.2, 0) is 10.0 Å². The number of hydrogen-bond donors (Lipinski definition) is 2. The topological polar surface area (TPSA) is 91.6 Å². The van der Waals surface area contributed by atoms with Gasteiger partial charge in [-0.1, -0.05) is 24.6 Å². The molecule has 7 nitrogen and oxygen atoms in total. The SMILES string of the molecule is Cc1ccc(C)c(S(=O)(=O)Nc2cccc(C(=O)NCC(c3ccco3)N3CCCCC3)c2)c1. The summed E-state index contributed by atoms with van der Waals surface area (Å²) in [4.78, 5) is 15.5. The Bertz CT molecular complexity index is 1230. The lowest BCUT2D eigenvalue weighted by Gasteiger charge is -2.33. The van der Waals surface area contributed by atoms with E-state index in [4.69, 9.17) is 4.42 Å². The standard InChI is InChI=1S/C26H31N3O4S/c1-19-11-12-20(2)25(16-19)34(31,32)28-22-9-6-8-21(17-22)26(30)27-18-23(24-10-7-15-33-24)29-13-4-3-5-14-29/h6-12,15-17,23,28H,3-5,13-14,18H2,1-2H3,(H,27,30). The minimum Gasteiger partial charge on any atom is -0.468 e. The number of hydrogen-bond acceptors (Lipinski definition) is 5. The molecule has 0 spiro atoms. The van der Waals surface area contributed by atoms with Crippen LogP contribution >= 0.6 is 0 Å². The number of nitrogens with one attached hydrogen (secondary N) is 2. The van der Waals surface area contributed by atoms with Gasteiger partial charge in [0.05, 0.1) is 17.2 Å².